The molecule has 0 atom stereocenters. The number of alkyl halides is 3. The van der Waals surface area contributed by atoms with Gasteiger partial charge in [0.1, 0.15) is 5.65 Å². The van der Waals surface area contributed by atoms with Crippen molar-refractivity contribution in [3.63, 3.8) is 0 Å². The molecule has 7 heteroatoms. The van der Waals surface area contributed by atoms with Crippen LogP contribution in [-0.4, -0.2) is 15.3 Å². The largest absolute Gasteiger partial charge is 0.416 e. The first-order chi connectivity index (χ1) is 11.3. The van der Waals surface area contributed by atoms with Crippen LogP contribution < -0.4 is 5.32 Å². The minimum Gasteiger partial charge on any atom is -0.346 e. The monoisotopic (exact) mass is 333 g/mol. The van der Waals surface area contributed by atoms with E-state index in [0.717, 1.165) is 23.3 Å². The van der Waals surface area contributed by atoms with Crippen LogP contribution in [0.4, 0.5) is 13.2 Å². The van der Waals surface area contributed by atoms with Gasteiger partial charge < -0.3 is 9.72 Å². The fourth-order valence-electron chi connectivity index (χ4n) is 2.33. The second-order valence-electron chi connectivity index (χ2n) is 5.46. The number of halogens is 3. The van der Waals surface area contributed by atoms with E-state index in [-0.39, 0.29) is 12.1 Å². The molecular formula is C17H14F3N3O. The number of aromatic nitrogens is 2. The van der Waals surface area contributed by atoms with E-state index in [9.17, 15) is 18.0 Å². The Balaban J connectivity index is 1.72. The summed E-state index contributed by atoms with van der Waals surface area (Å²) in [5, 5.41) is 2.59. The standard InChI is InChI=1S/C17H14F3N3O/c1-11-5-6-23-10-14(22-15(23)7-11)9-21-16(24)12-3-2-4-13(8-12)17(18,19)20/h2-8,10H,9H2,1H3,(H,21,24). The lowest BCUT2D eigenvalue weighted by atomic mass is 10.1. The highest BCUT2D eigenvalue weighted by Crippen LogP contribution is 2.29. The van der Waals surface area contributed by atoms with Crippen LogP contribution in [0, 0.1) is 6.92 Å². The molecule has 4 nitrogen and oxygen atoms in total. The molecule has 0 spiro atoms. The third-order valence-electron chi connectivity index (χ3n) is 3.55. The third kappa shape index (κ3) is 3.40. The number of nitrogens with zero attached hydrogens (tertiary/aromatic N) is 2. The van der Waals surface area contributed by atoms with E-state index in [0.29, 0.717) is 5.69 Å². The number of benzene rings is 1. The molecule has 1 aromatic carbocycles. The van der Waals surface area contributed by atoms with Crippen molar-refractivity contribution in [2.45, 2.75) is 19.6 Å². The Bertz CT molecular complexity index is 899. The van der Waals surface area contributed by atoms with Crippen molar-refractivity contribution in [3.05, 3.63) is 71.2 Å². The fourth-order valence-corrected chi connectivity index (χ4v) is 2.33. The quantitative estimate of drug-likeness (QED) is 0.796. The summed E-state index contributed by atoms with van der Waals surface area (Å²) >= 11 is 0. The molecule has 3 aromatic rings. The minimum atomic E-state index is -4.48. The van der Waals surface area contributed by atoms with E-state index in [1.54, 1.807) is 6.20 Å². The van der Waals surface area contributed by atoms with Crippen molar-refractivity contribution in [3.8, 4) is 0 Å². The van der Waals surface area contributed by atoms with Crippen LogP contribution in [0.15, 0.2) is 48.8 Å². The molecule has 24 heavy (non-hydrogen) atoms. The smallest absolute Gasteiger partial charge is 0.346 e. The molecule has 0 unspecified atom stereocenters. The van der Waals surface area contributed by atoms with E-state index in [1.165, 1.54) is 12.1 Å². The first kappa shape index (κ1) is 16.0. The molecule has 3 rings (SSSR count). The molecule has 0 aliphatic rings. The van der Waals surface area contributed by atoms with Gasteiger partial charge in [-0.15, -0.1) is 0 Å². The van der Waals surface area contributed by atoms with Crippen LogP contribution >= 0.6 is 0 Å². The first-order valence-electron chi connectivity index (χ1n) is 7.22. The van der Waals surface area contributed by atoms with E-state index in [1.807, 2.05) is 29.7 Å². The zero-order valence-corrected chi connectivity index (χ0v) is 12.8. The van der Waals surface area contributed by atoms with Gasteiger partial charge in [-0.3, -0.25) is 4.79 Å². The van der Waals surface area contributed by atoms with Gasteiger partial charge in [0.05, 0.1) is 17.8 Å². The van der Waals surface area contributed by atoms with E-state index >= 15 is 0 Å². The third-order valence-corrected chi connectivity index (χ3v) is 3.55. The van der Waals surface area contributed by atoms with Crippen LogP contribution in [0.2, 0.25) is 0 Å². The highest BCUT2D eigenvalue weighted by molar-refractivity contribution is 5.94. The summed E-state index contributed by atoms with van der Waals surface area (Å²) in [6.45, 7) is 2.08. The van der Waals surface area contributed by atoms with Gasteiger partial charge in [-0.2, -0.15) is 13.2 Å². The van der Waals surface area contributed by atoms with Gasteiger partial charge >= 0.3 is 6.18 Å². The van der Waals surface area contributed by atoms with Gasteiger partial charge in [-0.25, -0.2) is 4.98 Å². The summed E-state index contributed by atoms with van der Waals surface area (Å²) in [6, 6.07) is 8.16. The first-order valence-corrected chi connectivity index (χ1v) is 7.22. The maximum atomic E-state index is 12.7. The minimum absolute atomic E-state index is 0.0376. The highest BCUT2D eigenvalue weighted by atomic mass is 19.4. The van der Waals surface area contributed by atoms with Crippen LogP contribution in [0.25, 0.3) is 5.65 Å². The molecule has 0 radical (unpaired) electrons. The molecule has 2 heterocycles. The zero-order chi connectivity index (χ0) is 17.3. The lowest BCUT2D eigenvalue weighted by Crippen LogP contribution is -2.23. The summed E-state index contributed by atoms with van der Waals surface area (Å²) in [4.78, 5) is 16.4. The Morgan fingerprint density at radius 1 is 1.25 bits per heavy atom. The normalized spacial score (nSPS) is 11.7. The molecule has 124 valence electrons. The average molecular weight is 333 g/mol. The lowest BCUT2D eigenvalue weighted by molar-refractivity contribution is -0.137. The van der Waals surface area contributed by atoms with Crippen molar-refractivity contribution in [2.24, 2.45) is 0 Å². The molecule has 0 saturated carbocycles. The van der Waals surface area contributed by atoms with Crippen LogP contribution in [0.5, 0.6) is 0 Å². The predicted octanol–water partition coefficient (Wildman–Crippen LogP) is 3.59. The lowest BCUT2D eigenvalue weighted by Gasteiger charge is -2.08. The molecular weight excluding hydrogens is 319 g/mol. The van der Waals surface area contributed by atoms with Gasteiger partial charge in [0.2, 0.25) is 0 Å². The van der Waals surface area contributed by atoms with Crippen LogP contribution in [0.3, 0.4) is 0 Å². The highest BCUT2D eigenvalue weighted by Gasteiger charge is 2.30. The molecule has 0 aliphatic carbocycles. The Morgan fingerprint density at radius 2 is 2.04 bits per heavy atom. The average Bonchev–Trinajstić information content (AvgIpc) is 2.94. The summed E-state index contributed by atoms with van der Waals surface area (Å²) in [7, 11) is 0. The second-order valence-corrected chi connectivity index (χ2v) is 5.46. The number of carbonyl (C=O) groups is 1. The number of hydrogen-bond donors (Lipinski definition) is 1. The van der Waals surface area contributed by atoms with Crippen LogP contribution in [0.1, 0.15) is 27.2 Å². The maximum Gasteiger partial charge on any atom is 0.416 e. The summed E-state index contributed by atoms with van der Waals surface area (Å²) in [6.07, 6.45) is -0.854. The zero-order valence-electron chi connectivity index (χ0n) is 12.8. The number of amides is 1. The number of rotatable bonds is 3. The van der Waals surface area contributed by atoms with Crippen molar-refractivity contribution >= 4 is 11.6 Å². The van der Waals surface area contributed by atoms with Gasteiger partial charge in [-0.1, -0.05) is 6.07 Å². The summed E-state index contributed by atoms with van der Waals surface area (Å²) in [5.74, 6) is -0.575. The van der Waals surface area contributed by atoms with Crippen LogP contribution in [-0.2, 0) is 12.7 Å². The molecule has 1 amide bonds. The molecule has 1 N–H and O–H groups in total. The van der Waals surface area contributed by atoms with Crippen molar-refractivity contribution < 1.29 is 18.0 Å². The Labute approximate surface area is 135 Å². The second kappa shape index (κ2) is 5.99. The molecule has 0 bridgehead atoms. The Hall–Kier alpha value is -2.83. The number of pyridine rings is 1. The van der Waals surface area contributed by atoms with Crippen molar-refractivity contribution in [1.29, 1.82) is 0 Å². The fraction of sp³-hybridized carbons (Fsp3) is 0.176. The van der Waals surface area contributed by atoms with Gasteiger partial charge in [0, 0.05) is 18.0 Å². The van der Waals surface area contributed by atoms with Gasteiger partial charge in [0.15, 0.2) is 0 Å². The predicted molar refractivity (Wildman–Crippen MR) is 82.5 cm³/mol. The van der Waals surface area contributed by atoms with Crippen molar-refractivity contribution in [1.82, 2.24) is 14.7 Å². The van der Waals surface area contributed by atoms with Gasteiger partial charge in [0.25, 0.3) is 5.91 Å². The van der Waals surface area contributed by atoms with E-state index in [4.69, 9.17) is 0 Å². The number of imidazole rings is 1. The number of fused-ring (bicyclic) bond motifs is 1. The Kier molecular flexibility index (Phi) is 4.01. The molecule has 0 fully saturated rings. The number of nitrogens with one attached hydrogen (secondary N) is 1. The molecule has 0 aliphatic heterocycles. The number of aryl methyl sites for hydroxylation is 1. The summed E-state index contributed by atoms with van der Waals surface area (Å²) in [5.41, 5.74) is 1.55. The SMILES string of the molecule is Cc1ccn2cc(CNC(=O)c3cccc(C(F)(F)F)c3)nc2c1. The summed E-state index contributed by atoms with van der Waals surface area (Å²) < 4.78 is 39.9. The topological polar surface area (TPSA) is 46.4 Å². The van der Waals surface area contributed by atoms with Crippen molar-refractivity contribution in [2.75, 3.05) is 0 Å². The Morgan fingerprint density at radius 3 is 2.79 bits per heavy atom. The number of hydrogen-bond acceptors (Lipinski definition) is 2. The maximum absolute atomic E-state index is 12.7. The number of carbonyl (C=O) groups excluding carboxylic acids is 1. The molecule has 2 aromatic heterocycles. The van der Waals surface area contributed by atoms with E-state index in [2.05, 4.69) is 10.3 Å². The van der Waals surface area contributed by atoms with E-state index < -0.39 is 17.6 Å². The van der Waals surface area contributed by atoms with Gasteiger partial charge in [-0.05, 0) is 42.8 Å². The molecule has 0 saturated heterocycles.